The zero-order valence-corrected chi connectivity index (χ0v) is 6.26. The molecule has 70 valence electrons. The SMILES string of the molecule is On1[nH]c2ccc(C(F)(F)F)cc21. The van der Waals surface area contributed by atoms with Crippen molar-refractivity contribution in [2.75, 3.05) is 0 Å². The fourth-order valence-electron chi connectivity index (χ4n) is 1.10. The predicted molar refractivity (Wildman–Crippen MR) is 38.5 cm³/mol. The molecule has 0 spiro atoms. The van der Waals surface area contributed by atoms with Crippen LogP contribution in [0.3, 0.4) is 0 Å². The lowest BCUT2D eigenvalue weighted by Gasteiger charge is -2.12. The summed E-state index contributed by atoms with van der Waals surface area (Å²) in [6.45, 7) is 0. The van der Waals surface area contributed by atoms with Gasteiger partial charge in [0, 0.05) is 0 Å². The minimum absolute atomic E-state index is 0.134. The van der Waals surface area contributed by atoms with Crippen molar-refractivity contribution in [3.8, 4) is 0 Å². The molecule has 0 atom stereocenters. The number of rotatable bonds is 0. The molecule has 13 heavy (non-hydrogen) atoms. The number of hydrogen-bond donors (Lipinski definition) is 2. The van der Waals surface area contributed by atoms with E-state index in [1.165, 1.54) is 6.07 Å². The Balaban J connectivity index is 2.56. The van der Waals surface area contributed by atoms with Crippen molar-refractivity contribution in [3.63, 3.8) is 0 Å². The first-order valence-electron chi connectivity index (χ1n) is 3.45. The molecule has 0 amide bonds. The van der Waals surface area contributed by atoms with E-state index in [9.17, 15) is 13.2 Å². The van der Waals surface area contributed by atoms with Crippen LogP contribution in [0.4, 0.5) is 13.2 Å². The summed E-state index contributed by atoms with van der Waals surface area (Å²) in [6.07, 6.45) is -4.37. The molecule has 1 heterocycles. The Hall–Kier alpha value is -1.59. The summed E-state index contributed by atoms with van der Waals surface area (Å²) in [5.74, 6) is 0. The van der Waals surface area contributed by atoms with E-state index in [-0.39, 0.29) is 5.52 Å². The number of H-pyrrole nitrogens is 1. The molecule has 2 aromatic rings. The molecule has 0 radical (unpaired) electrons. The van der Waals surface area contributed by atoms with Crippen LogP contribution in [-0.4, -0.2) is 15.2 Å². The van der Waals surface area contributed by atoms with Crippen molar-refractivity contribution >= 4 is 11.0 Å². The molecule has 0 unspecified atom stereocenters. The third-order valence-electron chi connectivity index (χ3n) is 1.78. The van der Waals surface area contributed by atoms with Crippen LogP contribution >= 0.6 is 0 Å². The molecule has 2 rings (SSSR count). The number of hydrogen-bond acceptors (Lipinski definition) is 1. The summed E-state index contributed by atoms with van der Waals surface area (Å²) in [5.41, 5.74) is -0.155. The number of nitrogens with one attached hydrogen (secondary N) is 1. The van der Waals surface area contributed by atoms with Crippen molar-refractivity contribution in [2.45, 2.75) is 6.18 Å². The number of benzene rings is 1. The Morgan fingerprint density at radius 1 is 1.31 bits per heavy atom. The second kappa shape index (κ2) is 2.21. The Morgan fingerprint density at radius 3 is 2.54 bits per heavy atom. The summed E-state index contributed by atoms with van der Waals surface area (Å²) >= 11 is 0. The van der Waals surface area contributed by atoms with Crippen LogP contribution in [-0.2, 0) is 6.18 Å². The van der Waals surface area contributed by atoms with Gasteiger partial charge in [0.25, 0.3) is 0 Å². The lowest BCUT2D eigenvalue weighted by atomic mass is 10.2. The van der Waals surface area contributed by atoms with Crippen LogP contribution in [0.15, 0.2) is 18.2 Å². The van der Waals surface area contributed by atoms with E-state index in [0.717, 1.165) is 12.1 Å². The molecule has 0 aliphatic heterocycles. The molecule has 0 bridgehead atoms. The number of aromatic amines is 1. The maximum absolute atomic E-state index is 12.1. The van der Waals surface area contributed by atoms with Crippen molar-refractivity contribution in [3.05, 3.63) is 23.8 Å². The average Bonchev–Trinajstić information content (AvgIpc) is 2.00. The van der Waals surface area contributed by atoms with Gasteiger partial charge in [-0.1, -0.05) is 0 Å². The van der Waals surface area contributed by atoms with Gasteiger partial charge >= 0.3 is 6.18 Å². The van der Waals surface area contributed by atoms with Crippen LogP contribution in [0.2, 0.25) is 0 Å². The Bertz CT molecular complexity index is 440. The molecule has 1 aromatic carbocycles. The van der Waals surface area contributed by atoms with Gasteiger partial charge in [-0.05, 0) is 18.2 Å². The van der Waals surface area contributed by atoms with Gasteiger partial charge in [0.2, 0.25) is 0 Å². The molecular formula is C7H5F3N2O. The summed E-state index contributed by atoms with van der Waals surface area (Å²) < 4.78 is 36.4. The van der Waals surface area contributed by atoms with Crippen molar-refractivity contribution in [1.82, 2.24) is 9.94 Å². The molecular weight excluding hydrogens is 185 g/mol. The molecule has 0 fully saturated rings. The molecule has 3 nitrogen and oxygen atoms in total. The highest BCUT2D eigenvalue weighted by Crippen LogP contribution is 2.31. The van der Waals surface area contributed by atoms with Gasteiger partial charge in [-0.15, -0.1) is 4.85 Å². The second-order valence-corrected chi connectivity index (χ2v) is 2.65. The van der Waals surface area contributed by atoms with E-state index in [2.05, 4.69) is 5.10 Å². The van der Waals surface area contributed by atoms with Gasteiger partial charge in [-0.25, -0.2) is 0 Å². The third-order valence-corrected chi connectivity index (χ3v) is 1.78. The van der Waals surface area contributed by atoms with Crippen molar-refractivity contribution in [2.24, 2.45) is 0 Å². The average molecular weight is 190 g/mol. The van der Waals surface area contributed by atoms with Crippen LogP contribution in [0.1, 0.15) is 5.56 Å². The molecule has 0 saturated carbocycles. The van der Waals surface area contributed by atoms with E-state index in [4.69, 9.17) is 5.21 Å². The normalized spacial score (nSPS) is 12.5. The van der Waals surface area contributed by atoms with E-state index in [0.29, 0.717) is 10.4 Å². The number of aromatic nitrogens is 2. The highest BCUT2D eigenvalue weighted by Gasteiger charge is 2.31. The van der Waals surface area contributed by atoms with Gasteiger partial charge in [0.1, 0.15) is 5.52 Å². The van der Waals surface area contributed by atoms with Crippen molar-refractivity contribution in [1.29, 1.82) is 0 Å². The zero-order valence-electron chi connectivity index (χ0n) is 6.26. The van der Waals surface area contributed by atoms with Crippen molar-refractivity contribution < 1.29 is 18.4 Å². The minimum Gasteiger partial charge on any atom is -0.413 e. The van der Waals surface area contributed by atoms with Crippen LogP contribution in [0.5, 0.6) is 0 Å². The first kappa shape index (κ1) is 8.03. The predicted octanol–water partition coefficient (Wildman–Crippen LogP) is 2.23. The lowest BCUT2D eigenvalue weighted by molar-refractivity contribution is -0.137. The summed E-state index contributed by atoms with van der Waals surface area (Å²) in [5, 5.41) is 11.2. The van der Waals surface area contributed by atoms with E-state index in [1.807, 2.05) is 0 Å². The molecule has 6 heteroatoms. The van der Waals surface area contributed by atoms with Gasteiger partial charge in [0.15, 0.2) is 0 Å². The van der Waals surface area contributed by atoms with Gasteiger partial charge in [-0.2, -0.15) is 13.2 Å². The standard InChI is InChI=1S/C7H5F3N2O/c8-7(9,10)4-1-2-5-6(3-4)12(13)11-5/h1-3,11,13H. The van der Waals surface area contributed by atoms with E-state index in [1.54, 1.807) is 0 Å². The second-order valence-electron chi connectivity index (χ2n) is 2.65. The number of alkyl halides is 3. The lowest BCUT2D eigenvalue weighted by Crippen LogP contribution is -2.10. The fraction of sp³-hybridized carbons (Fsp3) is 0.143. The van der Waals surface area contributed by atoms with Gasteiger partial charge in [0.05, 0.1) is 11.1 Å². The van der Waals surface area contributed by atoms with Crippen LogP contribution in [0.25, 0.3) is 11.0 Å². The summed E-state index contributed by atoms with van der Waals surface area (Å²) in [7, 11) is 0. The van der Waals surface area contributed by atoms with Crippen LogP contribution in [0, 0.1) is 0 Å². The fourth-order valence-corrected chi connectivity index (χ4v) is 1.10. The van der Waals surface area contributed by atoms with E-state index >= 15 is 0 Å². The highest BCUT2D eigenvalue weighted by atomic mass is 19.4. The Kier molecular flexibility index (Phi) is 1.37. The van der Waals surface area contributed by atoms with Crippen LogP contribution < -0.4 is 0 Å². The number of nitrogens with zero attached hydrogens (tertiary/aromatic N) is 1. The van der Waals surface area contributed by atoms with Gasteiger partial charge in [-0.3, -0.25) is 5.10 Å². The van der Waals surface area contributed by atoms with Gasteiger partial charge < -0.3 is 5.21 Å². The minimum atomic E-state index is -4.37. The third kappa shape index (κ3) is 1.14. The largest absolute Gasteiger partial charge is 0.416 e. The van der Waals surface area contributed by atoms with E-state index < -0.39 is 11.7 Å². The number of halogens is 3. The quantitative estimate of drug-likeness (QED) is 0.614. The number of fused-ring (bicyclic) bond motifs is 1. The molecule has 0 aliphatic rings. The topological polar surface area (TPSA) is 41.0 Å². The first-order valence-corrected chi connectivity index (χ1v) is 3.45. The smallest absolute Gasteiger partial charge is 0.413 e. The monoisotopic (exact) mass is 190 g/mol. The summed E-state index contributed by atoms with van der Waals surface area (Å²) in [6, 6.07) is 3.11. The zero-order chi connectivity index (χ0) is 9.64. The Labute approximate surface area is 70.3 Å². The Morgan fingerprint density at radius 2 is 2.00 bits per heavy atom. The summed E-state index contributed by atoms with van der Waals surface area (Å²) in [4.78, 5) is 0.546. The molecule has 0 saturated heterocycles. The maximum Gasteiger partial charge on any atom is 0.416 e. The molecule has 2 N–H and O–H groups in total. The maximum atomic E-state index is 12.1. The molecule has 1 aromatic heterocycles. The first-order chi connectivity index (χ1) is 5.98. The molecule has 0 aliphatic carbocycles. The highest BCUT2D eigenvalue weighted by molar-refractivity contribution is 5.77.